The fourth-order valence-corrected chi connectivity index (χ4v) is 2.89. The number of amides is 1. The number of aromatic nitrogens is 2. The standard InChI is InChI=1S/C17H19N3O/c21-17(12-14-2-1-7-19-13-14)20-10-5-16(6-11-20)15-3-8-18-9-4-15/h1-4,7-9,13,16H,5-6,10-12H2. The van der Waals surface area contributed by atoms with Gasteiger partial charge in [0.15, 0.2) is 0 Å². The molecule has 0 atom stereocenters. The zero-order valence-electron chi connectivity index (χ0n) is 12.0. The Labute approximate surface area is 124 Å². The molecule has 3 heterocycles. The van der Waals surface area contributed by atoms with Crippen LogP contribution in [0.3, 0.4) is 0 Å². The Morgan fingerprint density at radius 3 is 2.52 bits per heavy atom. The fraction of sp³-hybridized carbons (Fsp3) is 0.353. The van der Waals surface area contributed by atoms with E-state index in [-0.39, 0.29) is 5.91 Å². The first kappa shape index (κ1) is 13.7. The van der Waals surface area contributed by atoms with Crippen molar-refractivity contribution in [2.75, 3.05) is 13.1 Å². The summed E-state index contributed by atoms with van der Waals surface area (Å²) in [7, 11) is 0. The Morgan fingerprint density at radius 1 is 1.10 bits per heavy atom. The summed E-state index contributed by atoms with van der Waals surface area (Å²) in [6, 6.07) is 7.99. The first-order chi connectivity index (χ1) is 10.3. The van der Waals surface area contributed by atoms with Crippen molar-refractivity contribution >= 4 is 5.91 Å². The molecule has 1 amide bonds. The lowest BCUT2D eigenvalue weighted by Gasteiger charge is -2.32. The number of carbonyl (C=O) groups is 1. The monoisotopic (exact) mass is 281 g/mol. The van der Waals surface area contributed by atoms with Crippen LogP contribution in [0.25, 0.3) is 0 Å². The van der Waals surface area contributed by atoms with Gasteiger partial charge in [0.2, 0.25) is 5.91 Å². The van der Waals surface area contributed by atoms with Gasteiger partial charge in [-0.25, -0.2) is 0 Å². The summed E-state index contributed by atoms with van der Waals surface area (Å²) in [6.07, 6.45) is 9.69. The number of likely N-dealkylation sites (tertiary alicyclic amines) is 1. The van der Waals surface area contributed by atoms with Gasteiger partial charge in [-0.1, -0.05) is 6.07 Å². The minimum Gasteiger partial charge on any atom is -0.342 e. The zero-order chi connectivity index (χ0) is 14.5. The van der Waals surface area contributed by atoms with Crippen molar-refractivity contribution in [3.05, 3.63) is 60.2 Å². The molecule has 0 N–H and O–H groups in total. The molecule has 21 heavy (non-hydrogen) atoms. The van der Waals surface area contributed by atoms with E-state index in [1.54, 1.807) is 12.4 Å². The van der Waals surface area contributed by atoms with Crippen LogP contribution in [0.4, 0.5) is 0 Å². The second-order valence-electron chi connectivity index (χ2n) is 5.47. The van der Waals surface area contributed by atoms with Crippen LogP contribution in [0, 0.1) is 0 Å². The summed E-state index contributed by atoms with van der Waals surface area (Å²) in [6.45, 7) is 1.68. The molecule has 1 aliphatic heterocycles. The topological polar surface area (TPSA) is 46.1 Å². The summed E-state index contributed by atoms with van der Waals surface area (Å²) in [5.41, 5.74) is 2.32. The maximum Gasteiger partial charge on any atom is 0.227 e. The van der Waals surface area contributed by atoms with E-state index in [0.717, 1.165) is 31.5 Å². The molecule has 4 heteroatoms. The average Bonchev–Trinajstić information content (AvgIpc) is 2.57. The Hall–Kier alpha value is -2.23. The van der Waals surface area contributed by atoms with Crippen molar-refractivity contribution < 1.29 is 4.79 Å². The second-order valence-corrected chi connectivity index (χ2v) is 5.47. The predicted octanol–water partition coefficient (Wildman–Crippen LogP) is 2.43. The maximum absolute atomic E-state index is 12.3. The minimum absolute atomic E-state index is 0.205. The number of rotatable bonds is 3. The summed E-state index contributed by atoms with van der Waals surface area (Å²) in [5.74, 6) is 0.756. The van der Waals surface area contributed by atoms with Gasteiger partial charge in [-0.2, -0.15) is 0 Å². The molecule has 2 aromatic heterocycles. The molecule has 3 rings (SSSR count). The predicted molar refractivity (Wildman–Crippen MR) is 80.7 cm³/mol. The van der Waals surface area contributed by atoms with Gasteiger partial charge in [-0.05, 0) is 48.1 Å². The minimum atomic E-state index is 0.205. The van der Waals surface area contributed by atoms with E-state index in [4.69, 9.17) is 0 Å². The van der Waals surface area contributed by atoms with Gasteiger partial charge >= 0.3 is 0 Å². The highest BCUT2D eigenvalue weighted by molar-refractivity contribution is 5.78. The van der Waals surface area contributed by atoms with E-state index in [0.29, 0.717) is 12.3 Å². The third-order valence-electron chi connectivity index (χ3n) is 4.10. The van der Waals surface area contributed by atoms with Crippen molar-refractivity contribution in [2.24, 2.45) is 0 Å². The van der Waals surface area contributed by atoms with E-state index in [2.05, 4.69) is 22.1 Å². The van der Waals surface area contributed by atoms with Crippen molar-refractivity contribution in [1.82, 2.24) is 14.9 Å². The smallest absolute Gasteiger partial charge is 0.227 e. The number of piperidine rings is 1. The summed E-state index contributed by atoms with van der Waals surface area (Å²) < 4.78 is 0. The van der Waals surface area contributed by atoms with Crippen LogP contribution in [0.5, 0.6) is 0 Å². The number of pyridine rings is 2. The SMILES string of the molecule is O=C(Cc1cccnc1)N1CCC(c2ccncc2)CC1. The molecule has 0 unspecified atom stereocenters. The molecule has 0 aromatic carbocycles. The van der Waals surface area contributed by atoms with Gasteiger partial charge in [-0.15, -0.1) is 0 Å². The highest BCUT2D eigenvalue weighted by atomic mass is 16.2. The molecule has 2 aromatic rings. The van der Waals surface area contributed by atoms with Crippen LogP contribution < -0.4 is 0 Å². The normalized spacial score (nSPS) is 15.9. The summed E-state index contributed by atoms with van der Waals surface area (Å²) in [4.78, 5) is 22.4. The first-order valence-corrected chi connectivity index (χ1v) is 7.39. The zero-order valence-corrected chi connectivity index (χ0v) is 12.0. The number of hydrogen-bond donors (Lipinski definition) is 0. The van der Waals surface area contributed by atoms with E-state index >= 15 is 0 Å². The third kappa shape index (κ3) is 3.45. The highest BCUT2D eigenvalue weighted by Crippen LogP contribution is 2.27. The Kier molecular flexibility index (Phi) is 4.24. The Balaban J connectivity index is 1.55. The first-order valence-electron chi connectivity index (χ1n) is 7.39. The van der Waals surface area contributed by atoms with Gasteiger partial charge in [0.1, 0.15) is 0 Å². The van der Waals surface area contributed by atoms with Crippen molar-refractivity contribution in [1.29, 1.82) is 0 Å². The van der Waals surface area contributed by atoms with Crippen molar-refractivity contribution in [2.45, 2.75) is 25.2 Å². The van der Waals surface area contributed by atoms with Crippen molar-refractivity contribution in [3.63, 3.8) is 0 Å². The van der Waals surface area contributed by atoms with Gasteiger partial charge in [0.05, 0.1) is 6.42 Å². The maximum atomic E-state index is 12.3. The summed E-state index contributed by atoms with van der Waals surface area (Å²) in [5, 5.41) is 0. The van der Waals surface area contributed by atoms with E-state index in [9.17, 15) is 4.79 Å². The Bertz CT molecular complexity index is 577. The molecule has 0 bridgehead atoms. The van der Waals surface area contributed by atoms with Crippen molar-refractivity contribution in [3.8, 4) is 0 Å². The van der Waals surface area contributed by atoms with Crippen LogP contribution in [-0.4, -0.2) is 33.9 Å². The molecule has 0 saturated carbocycles. The van der Waals surface area contributed by atoms with Crippen LogP contribution in [0.15, 0.2) is 49.1 Å². The molecular weight excluding hydrogens is 262 g/mol. The number of nitrogens with zero attached hydrogens (tertiary/aromatic N) is 3. The molecule has 0 aliphatic carbocycles. The van der Waals surface area contributed by atoms with Gasteiger partial charge in [0, 0.05) is 37.9 Å². The second kappa shape index (κ2) is 6.48. The molecule has 0 spiro atoms. The van der Waals surface area contributed by atoms with Crippen LogP contribution >= 0.6 is 0 Å². The summed E-state index contributed by atoms with van der Waals surface area (Å²) >= 11 is 0. The van der Waals surface area contributed by atoms with Gasteiger partial charge < -0.3 is 4.90 Å². The molecule has 1 fully saturated rings. The van der Waals surface area contributed by atoms with Gasteiger partial charge in [-0.3, -0.25) is 14.8 Å². The number of carbonyl (C=O) groups excluding carboxylic acids is 1. The largest absolute Gasteiger partial charge is 0.342 e. The average molecular weight is 281 g/mol. The lowest BCUT2D eigenvalue weighted by Crippen LogP contribution is -2.38. The molecule has 108 valence electrons. The Morgan fingerprint density at radius 2 is 1.86 bits per heavy atom. The fourth-order valence-electron chi connectivity index (χ4n) is 2.89. The molecule has 0 radical (unpaired) electrons. The lowest BCUT2D eigenvalue weighted by atomic mass is 9.90. The van der Waals surface area contributed by atoms with Gasteiger partial charge in [0.25, 0.3) is 0 Å². The van der Waals surface area contributed by atoms with E-state index in [1.807, 2.05) is 29.4 Å². The highest BCUT2D eigenvalue weighted by Gasteiger charge is 2.23. The molecule has 1 aliphatic rings. The molecule has 1 saturated heterocycles. The number of hydrogen-bond acceptors (Lipinski definition) is 3. The lowest BCUT2D eigenvalue weighted by molar-refractivity contribution is -0.131. The third-order valence-corrected chi connectivity index (χ3v) is 4.10. The quantitative estimate of drug-likeness (QED) is 0.868. The van der Waals surface area contributed by atoms with Crippen LogP contribution in [-0.2, 0) is 11.2 Å². The molecular formula is C17H19N3O. The van der Waals surface area contributed by atoms with E-state index in [1.165, 1.54) is 5.56 Å². The van der Waals surface area contributed by atoms with E-state index < -0.39 is 0 Å². The van der Waals surface area contributed by atoms with Crippen LogP contribution in [0.1, 0.15) is 29.9 Å². The molecule has 4 nitrogen and oxygen atoms in total. The van der Waals surface area contributed by atoms with Crippen LogP contribution in [0.2, 0.25) is 0 Å².